The SMILES string of the molecule is NS(=O)(=O)c1ccc(-c2cccc(CCC(=O)[C@@H]3CCCN3S(=O)(=O)c3ccc(F)cc3)c2)cc1. The van der Waals surface area contributed by atoms with Crippen molar-refractivity contribution in [1.82, 2.24) is 4.31 Å². The van der Waals surface area contributed by atoms with Gasteiger partial charge in [0.15, 0.2) is 5.78 Å². The monoisotopic (exact) mass is 516 g/mol. The Labute approximate surface area is 204 Å². The van der Waals surface area contributed by atoms with Gasteiger partial charge in [-0.15, -0.1) is 0 Å². The van der Waals surface area contributed by atoms with Crippen LogP contribution in [0.5, 0.6) is 0 Å². The fraction of sp³-hybridized carbons (Fsp3) is 0.240. The molecule has 0 aromatic heterocycles. The van der Waals surface area contributed by atoms with Crippen LogP contribution in [-0.2, 0) is 31.3 Å². The van der Waals surface area contributed by atoms with Crippen LogP contribution < -0.4 is 5.14 Å². The van der Waals surface area contributed by atoms with Crippen molar-refractivity contribution in [2.75, 3.05) is 6.54 Å². The molecule has 0 spiro atoms. The van der Waals surface area contributed by atoms with Crippen molar-refractivity contribution >= 4 is 25.8 Å². The molecule has 35 heavy (non-hydrogen) atoms. The highest BCUT2D eigenvalue weighted by Crippen LogP contribution is 2.28. The first-order chi connectivity index (χ1) is 16.6. The molecule has 2 N–H and O–H groups in total. The fourth-order valence-electron chi connectivity index (χ4n) is 4.27. The number of benzene rings is 3. The lowest BCUT2D eigenvalue weighted by atomic mass is 9.98. The molecule has 0 radical (unpaired) electrons. The lowest BCUT2D eigenvalue weighted by Gasteiger charge is -2.23. The summed E-state index contributed by atoms with van der Waals surface area (Å²) in [4.78, 5) is 13.0. The first-order valence-electron chi connectivity index (χ1n) is 11.1. The van der Waals surface area contributed by atoms with E-state index in [2.05, 4.69) is 0 Å². The van der Waals surface area contributed by atoms with Crippen LogP contribution in [0.3, 0.4) is 0 Å². The van der Waals surface area contributed by atoms with Crippen molar-refractivity contribution < 1.29 is 26.0 Å². The molecule has 0 amide bonds. The first-order valence-corrected chi connectivity index (χ1v) is 14.1. The Morgan fingerprint density at radius 3 is 2.23 bits per heavy atom. The minimum atomic E-state index is -3.90. The number of carbonyl (C=O) groups is 1. The van der Waals surface area contributed by atoms with E-state index in [1.165, 1.54) is 28.6 Å². The van der Waals surface area contributed by atoms with Crippen molar-refractivity contribution in [3.63, 3.8) is 0 Å². The zero-order valence-electron chi connectivity index (χ0n) is 18.8. The third kappa shape index (κ3) is 5.67. The molecule has 0 unspecified atom stereocenters. The Bertz CT molecular complexity index is 1440. The van der Waals surface area contributed by atoms with E-state index in [9.17, 15) is 26.0 Å². The molecule has 1 saturated heterocycles. The molecule has 4 rings (SSSR count). The second-order valence-electron chi connectivity index (χ2n) is 8.46. The normalized spacial score (nSPS) is 16.9. The largest absolute Gasteiger partial charge is 0.298 e. The second-order valence-corrected chi connectivity index (χ2v) is 11.9. The molecule has 0 aliphatic carbocycles. The summed E-state index contributed by atoms with van der Waals surface area (Å²) in [5.74, 6) is -0.684. The minimum absolute atomic E-state index is 0.0275. The lowest BCUT2D eigenvalue weighted by molar-refractivity contribution is -0.122. The molecule has 1 aliphatic heterocycles. The average Bonchev–Trinajstić information content (AvgIpc) is 3.34. The van der Waals surface area contributed by atoms with E-state index in [4.69, 9.17) is 5.14 Å². The number of carbonyl (C=O) groups excluding carboxylic acids is 1. The highest BCUT2D eigenvalue weighted by molar-refractivity contribution is 7.89. The Morgan fingerprint density at radius 1 is 0.914 bits per heavy atom. The molecule has 0 bridgehead atoms. The van der Waals surface area contributed by atoms with Crippen LogP contribution in [0.15, 0.2) is 82.6 Å². The third-order valence-corrected chi connectivity index (χ3v) is 8.95. The van der Waals surface area contributed by atoms with E-state index in [1.807, 2.05) is 24.3 Å². The number of hydrogen-bond acceptors (Lipinski definition) is 5. The summed E-state index contributed by atoms with van der Waals surface area (Å²) in [6.07, 6.45) is 1.65. The molecule has 1 aliphatic rings. The molecule has 1 heterocycles. The Morgan fingerprint density at radius 2 is 1.57 bits per heavy atom. The standard InChI is InChI=1S/C25H25FN2O5S2/c26-21-9-13-23(14-10-21)35(32,33)28-16-2-5-24(28)25(29)15-6-18-3-1-4-20(17-18)19-7-11-22(12-8-19)34(27,30)31/h1,3-4,7-14,17,24H,2,5-6,15-16H2,(H2,27,30,31)/t24-/m0/s1. The fourth-order valence-corrected chi connectivity index (χ4v) is 6.46. The summed E-state index contributed by atoms with van der Waals surface area (Å²) >= 11 is 0. The van der Waals surface area contributed by atoms with Crippen LogP contribution in [0.25, 0.3) is 11.1 Å². The molecule has 1 atom stereocenters. The van der Waals surface area contributed by atoms with Gasteiger partial charge in [0, 0.05) is 13.0 Å². The minimum Gasteiger partial charge on any atom is -0.298 e. The van der Waals surface area contributed by atoms with Gasteiger partial charge in [0.1, 0.15) is 5.82 Å². The zero-order valence-corrected chi connectivity index (χ0v) is 20.4. The Balaban J connectivity index is 1.45. The maximum Gasteiger partial charge on any atom is 0.243 e. The molecule has 10 heteroatoms. The van der Waals surface area contributed by atoms with E-state index in [0.29, 0.717) is 19.3 Å². The number of nitrogens with two attached hydrogens (primary N) is 1. The van der Waals surface area contributed by atoms with Crippen LogP contribution >= 0.6 is 0 Å². The van der Waals surface area contributed by atoms with Crippen molar-refractivity contribution in [3.8, 4) is 11.1 Å². The summed E-state index contributed by atoms with van der Waals surface area (Å²) in [6.45, 7) is 0.250. The van der Waals surface area contributed by atoms with Gasteiger partial charge >= 0.3 is 0 Å². The van der Waals surface area contributed by atoms with Crippen LogP contribution in [0.1, 0.15) is 24.8 Å². The molecular formula is C25H25FN2O5S2. The summed E-state index contributed by atoms with van der Waals surface area (Å²) in [7, 11) is -7.67. The number of aryl methyl sites for hydroxylation is 1. The highest BCUT2D eigenvalue weighted by atomic mass is 32.2. The zero-order chi connectivity index (χ0) is 25.2. The van der Waals surface area contributed by atoms with Crippen molar-refractivity contribution in [1.29, 1.82) is 0 Å². The number of halogens is 1. The van der Waals surface area contributed by atoms with Gasteiger partial charge in [-0.2, -0.15) is 4.31 Å². The van der Waals surface area contributed by atoms with E-state index in [1.54, 1.807) is 12.1 Å². The van der Waals surface area contributed by atoms with Crippen molar-refractivity contribution in [2.45, 2.75) is 41.5 Å². The molecular weight excluding hydrogens is 491 g/mol. The van der Waals surface area contributed by atoms with Gasteiger partial charge in [-0.05, 0) is 72.4 Å². The van der Waals surface area contributed by atoms with Gasteiger partial charge in [0.25, 0.3) is 0 Å². The first kappa shape index (κ1) is 25.2. The Kier molecular flexibility index (Phi) is 7.18. The number of rotatable bonds is 8. The van der Waals surface area contributed by atoms with Gasteiger partial charge in [0.2, 0.25) is 20.0 Å². The quantitative estimate of drug-likeness (QED) is 0.492. The number of Topliss-reactive ketones (excluding diaryl/α,β-unsaturated/α-hetero) is 1. The lowest BCUT2D eigenvalue weighted by Crippen LogP contribution is -2.40. The van der Waals surface area contributed by atoms with E-state index in [0.717, 1.165) is 28.8 Å². The smallest absolute Gasteiger partial charge is 0.243 e. The predicted molar refractivity (Wildman–Crippen MR) is 130 cm³/mol. The Hall–Kier alpha value is -2.92. The van der Waals surface area contributed by atoms with Crippen LogP contribution in [0.2, 0.25) is 0 Å². The maximum atomic E-state index is 13.2. The topological polar surface area (TPSA) is 115 Å². The number of sulfonamides is 2. The van der Waals surface area contributed by atoms with Crippen LogP contribution in [0.4, 0.5) is 4.39 Å². The van der Waals surface area contributed by atoms with Gasteiger partial charge in [0.05, 0.1) is 15.8 Å². The molecule has 1 fully saturated rings. The number of primary sulfonamides is 1. The molecule has 184 valence electrons. The molecule has 7 nitrogen and oxygen atoms in total. The van der Waals surface area contributed by atoms with Crippen molar-refractivity contribution in [2.24, 2.45) is 5.14 Å². The van der Waals surface area contributed by atoms with E-state index >= 15 is 0 Å². The summed E-state index contributed by atoms with van der Waals surface area (Å²) < 4.78 is 63.4. The second kappa shape index (κ2) is 9.98. The van der Waals surface area contributed by atoms with Crippen LogP contribution in [0, 0.1) is 5.82 Å². The number of hydrogen-bond donors (Lipinski definition) is 1. The van der Waals surface area contributed by atoms with Gasteiger partial charge in [-0.3, -0.25) is 4.79 Å². The van der Waals surface area contributed by atoms with Gasteiger partial charge < -0.3 is 0 Å². The highest BCUT2D eigenvalue weighted by Gasteiger charge is 2.38. The van der Waals surface area contributed by atoms with E-state index < -0.39 is 31.9 Å². The summed E-state index contributed by atoms with van der Waals surface area (Å²) in [6, 6.07) is 17.6. The molecule has 3 aromatic carbocycles. The number of ketones is 1. The molecule has 3 aromatic rings. The van der Waals surface area contributed by atoms with Gasteiger partial charge in [-0.1, -0.05) is 36.4 Å². The van der Waals surface area contributed by atoms with E-state index in [-0.39, 0.29) is 28.5 Å². The van der Waals surface area contributed by atoms with Gasteiger partial charge in [-0.25, -0.2) is 26.4 Å². The average molecular weight is 517 g/mol. The summed E-state index contributed by atoms with van der Waals surface area (Å²) in [5, 5.41) is 5.15. The van der Waals surface area contributed by atoms with Crippen molar-refractivity contribution in [3.05, 3.63) is 84.2 Å². The summed E-state index contributed by atoms with van der Waals surface area (Å²) in [5.41, 5.74) is 2.56. The molecule has 0 saturated carbocycles. The predicted octanol–water partition coefficient (Wildman–Crippen LogP) is 3.50. The van der Waals surface area contributed by atoms with Crippen LogP contribution in [-0.4, -0.2) is 39.5 Å². The third-order valence-electron chi connectivity index (χ3n) is 6.10. The number of nitrogens with zero attached hydrogens (tertiary/aromatic N) is 1. The maximum absolute atomic E-state index is 13.2.